The van der Waals surface area contributed by atoms with Gasteiger partial charge in [-0.2, -0.15) is 11.2 Å². The Balaban J connectivity index is 0.00000481. The largest absolute Gasteiger partial charge is 2.00 e. The average molecular weight is 793 g/mol. The maximum atomic E-state index is 6.71. The van der Waals surface area contributed by atoms with E-state index in [2.05, 4.69) is 150 Å². The minimum atomic E-state index is 0. The zero-order chi connectivity index (χ0) is 36.7. The Morgan fingerprint density at radius 3 is 2.26 bits per heavy atom. The summed E-state index contributed by atoms with van der Waals surface area (Å²) in [6.07, 6.45) is 6.02. The first kappa shape index (κ1) is 38.2. The minimum absolute atomic E-state index is 0. The smallest absolute Gasteiger partial charge is 0.509 e. The van der Waals surface area contributed by atoms with Crippen molar-refractivity contribution in [2.75, 3.05) is 0 Å². The fraction of sp³-hybridized carbons (Fsp3) is 0.319. The fourth-order valence-corrected chi connectivity index (χ4v) is 7.77. The van der Waals surface area contributed by atoms with Gasteiger partial charge in [0.1, 0.15) is 5.82 Å². The maximum Gasteiger partial charge on any atom is 2.00 e. The van der Waals surface area contributed by atoms with Crippen molar-refractivity contribution >= 4 is 21.8 Å². The van der Waals surface area contributed by atoms with Crippen molar-refractivity contribution in [2.45, 2.75) is 93.9 Å². The average Bonchev–Trinajstić information content (AvgIpc) is 3.60. The van der Waals surface area contributed by atoms with Crippen molar-refractivity contribution in [3.63, 3.8) is 0 Å². The summed E-state index contributed by atoms with van der Waals surface area (Å²) >= 11 is 0. The number of aromatic nitrogens is 4. The number of rotatable bonds is 11. The van der Waals surface area contributed by atoms with Crippen LogP contribution >= 0.6 is 0 Å². The number of ether oxygens (including phenoxy) is 1. The molecule has 0 saturated carbocycles. The first-order valence-corrected chi connectivity index (χ1v) is 18.8. The first-order chi connectivity index (χ1) is 25.0. The molecule has 0 radical (unpaired) electrons. The molecular weight excluding hydrogens is 743 g/mol. The molecule has 53 heavy (non-hydrogen) atoms. The second kappa shape index (κ2) is 15.9. The molecule has 7 rings (SSSR count). The van der Waals surface area contributed by atoms with Gasteiger partial charge in [-0.1, -0.05) is 82.5 Å². The van der Waals surface area contributed by atoms with Gasteiger partial charge in [0, 0.05) is 34.5 Å². The first-order valence-electron chi connectivity index (χ1n) is 18.8. The third-order valence-corrected chi connectivity index (χ3v) is 10.1. The molecule has 0 aliphatic carbocycles. The van der Waals surface area contributed by atoms with Gasteiger partial charge < -0.3 is 9.30 Å². The molecule has 0 atom stereocenters. The summed E-state index contributed by atoms with van der Waals surface area (Å²) in [6, 6.07) is 33.2. The normalized spacial score (nSPS) is 11.6. The van der Waals surface area contributed by atoms with Crippen LogP contribution in [0.3, 0.4) is 0 Å². The molecule has 4 aromatic carbocycles. The van der Waals surface area contributed by atoms with Gasteiger partial charge in [0.15, 0.2) is 0 Å². The number of hydrogen-bond acceptors (Lipinski definition) is 3. The van der Waals surface area contributed by atoms with Crippen LogP contribution in [0, 0.1) is 45.7 Å². The minimum Gasteiger partial charge on any atom is -0.509 e. The van der Waals surface area contributed by atoms with E-state index in [0.29, 0.717) is 17.4 Å². The molecule has 7 aromatic rings. The van der Waals surface area contributed by atoms with Crippen LogP contribution < -0.4 is 4.74 Å². The van der Waals surface area contributed by atoms with Crippen molar-refractivity contribution in [3.8, 4) is 34.1 Å². The van der Waals surface area contributed by atoms with E-state index >= 15 is 0 Å². The van der Waals surface area contributed by atoms with E-state index in [1.165, 1.54) is 44.6 Å². The van der Waals surface area contributed by atoms with Crippen LogP contribution in [0.2, 0.25) is 0 Å². The van der Waals surface area contributed by atoms with E-state index in [1.54, 1.807) is 0 Å². The van der Waals surface area contributed by atoms with Crippen molar-refractivity contribution in [1.29, 1.82) is 0 Å². The second-order valence-electron chi connectivity index (χ2n) is 15.2. The Hall–Kier alpha value is -4.50. The Kier molecular flexibility index (Phi) is 11.4. The van der Waals surface area contributed by atoms with Gasteiger partial charge in [0.05, 0.1) is 5.69 Å². The number of aryl methyl sites for hydroxylation is 4. The van der Waals surface area contributed by atoms with Crippen molar-refractivity contribution in [3.05, 3.63) is 130 Å². The third-order valence-electron chi connectivity index (χ3n) is 10.1. The summed E-state index contributed by atoms with van der Waals surface area (Å²) in [5.74, 6) is 3.00. The predicted molar refractivity (Wildman–Crippen MR) is 216 cm³/mol. The molecular formula is C47H50N4OPd. The number of nitrogens with zero attached hydrogens (tertiary/aromatic N) is 4. The molecule has 3 aromatic heterocycles. The zero-order valence-corrected chi connectivity index (χ0v) is 34.1. The molecule has 5 nitrogen and oxygen atoms in total. The number of pyridine rings is 1. The summed E-state index contributed by atoms with van der Waals surface area (Å²) in [6.45, 7) is 19.9. The van der Waals surface area contributed by atoms with Gasteiger partial charge in [-0.3, -0.25) is 4.68 Å². The van der Waals surface area contributed by atoms with E-state index in [1.807, 2.05) is 12.3 Å². The van der Waals surface area contributed by atoms with Crippen LogP contribution in [-0.2, 0) is 33.3 Å². The Bertz CT molecular complexity index is 2390. The van der Waals surface area contributed by atoms with Crippen LogP contribution in [0.4, 0.5) is 0 Å². The number of unbranched alkanes of at least 4 members (excludes halogenated alkanes) is 1. The predicted octanol–water partition coefficient (Wildman–Crippen LogP) is 12.3. The summed E-state index contributed by atoms with van der Waals surface area (Å²) in [4.78, 5) is 4.84. The van der Waals surface area contributed by atoms with Crippen molar-refractivity contribution in [2.24, 2.45) is 5.92 Å². The topological polar surface area (TPSA) is 44.9 Å². The van der Waals surface area contributed by atoms with Crippen molar-refractivity contribution < 1.29 is 25.2 Å². The Labute approximate surface area is 329 Å². The molecule has 274 valence electrons. The summed E-state index contributed by atoms with van der Waals surface area (Å²) in [5, 5.41) is 7.49. The van der Waals surface area contributed by atoms with Crippen LogP contribution in [0.25, 0.3) is 44.4 Å². The molecule has 0 saturated heterocycles. The Morgan fingerprint density at radius 2 is 1.55 bits per heavy atom. The standard InChI is InChI=1S/C47H50N4O.Pd/c1-10-11-15-43-47(46-32(7)22-31(6)23-33(46)8)34(9)49-51(43)37-25-36(30(4)5)26-39(27-37)52-38-17-18-41-40-14-12-13-16-42(40)50(44(41)28-38)45-24-35(19-20-48-45)21-29(2)3;/h12-14,16-20,22-26,29-30H,10-11,15,21H2,1-9H3;/q-2;+2. The monoisotopic (exact) mass is 792 g/mol. The van der Waals surface area contributed by atoms with E-state index in [0.717, 1.165) is 64.7 Å². The summed E-state index contributed by atoms with van der Waals surface area (Å²) in [7, 11) is 0. The van der Waals surface area contributed by atoms with E-state index in [4.69, 9.17) is 14.8 Å². The third kappa shape index (κ3) is 7.63. The zero-order valence-electron chi connectivity index (χ0n) is 32.5. The van der Waals surface area contributed by atoms with Gasteiger partial charge in [0.2, 0.25) is 0 Å². The maximum absolute atomic E-state index is 6.71. The van der Waals surface area contributed by atoms with E-state index < -0.39 is 0 Å². The van der Waals surface area contributed by atoms with Crippen LogP contribution in [0.1, 0.15) is 92.6 Å². The van der Waals surface area contributed by atoms with E-state index in [9.17, 15) is 0 Å². The fourth-order valence-electron chi connectivity index (χ4n) is 7.77. The molecule has 0 aliphatic heterocycles. The molecule has 0 aliphatic rings. The van der Waals surface area contributed by atoms with Crippen LogP contribution in [-0.4, -0.2) is 19.3 Å². The molecule has 3 heterocycles. The number of benzene rings is 4. The van der Waals surface area contributed by atoms with Gasteiger partial charge in [-0.05, 0) is 110 Å². The number of hydrogen-bond donors (Lipinski definition) is 0. The SMILES string of the molecule is CCCCc1c(-c2c(C)cc(C)cc2C)c(C)nn1-c1[c-]c(Oc2[c-]c3c(cc2)c2ccccc2n3-c2cc(CC(C)C)ccn2)cc(C(C)C)c1.[Pd+2]. The molecule has 0 spiro atoms. The molecule has 0 bridgehead atoms. The quantitative estimate of drug-likeness (QED) is 0.0968. The van der Waals surface area contributed by atoms with Gasteiger partial charge in [-0.15, -0.1) is 41.3 Å². The van der Waals surface area contributed by atoms with Gasteiger partial charge in [-0.25, -0.2) is 4.98 Å². The van der Waals surface area contributed by atoms with Crippen LogP contribution in [0.5, 0.6) is 11.5 Å². The van der Waals surface area contributed by atoms with Crippen LogP contribution in [0.15, 0.2) is 79.0 Å². The van der Waals surface area contributed by atoms with Gasteiger partial charge in [0.25, 0.3) is 0 Å². The molecule has 0 fully saturated rings. The Morgan fingerprint density at radius 1 is 0.792 bits per heavy atom. The second-order valence-corrected chi connectivity index (χ2v) is 15.2. The number of fused-ring (bicyclic) bond motifs is 3. The summed E-state index contributed by atoms with van der Waals surface area (Å²) in [5.41, 5.74) is 14.0. The molecule has 0 unspecified atom stereocenters. The van der Waals surface area contributed by atoms with Crippen molar-refractivity contribution in [1.82, 2.24) is 19.3 Å². The molecule has 6 heteroatoms. The molecule has 0 N–H and O–H groups in total. The molecule has 0 amide bonds. The number of para-hydroxylation sites is 1. The van der Waals surface area contributed by atoms with E-state index in [-0.39, 0.29) is 26.3 Å². The summed E-state index contributed by atoms with van der Waals surface area (Å²) < 4.78 is 11.0. The van der Waals surface area contributed by atoms with Gasteiger partial charge >= 0.3 is 20.4 Å².